The Balaban J connectivity index is 2.23. The third-order valence-corrected chi connectivity index (χ3v) is 3.66. The number of rotatable bonds is 2. The minimum absolute atomic E-state index is 0.309. The Bertz CT molecular complexity index is 620. The van der Waals surface area contributed by atoms with Crippen molar-refractivity contribution >= 4 is 5.97 Å². The van der Waals surface area contributed by atoms with E-state index in [1.165, 1.54) is 0 Å². The van der Waals surface area contributed by atoms with Gasteiger partial charge in [-0.15, -0.1) is 0 Å². The number of aryl methyl sites for hydroxylation is 1. The highest BCUT2D eigenvalue weighted by Crippen LogP contribution is 2.23. The molecule has 0 N–H and O–H groups in total. The van der Waals surface area contributed by atoms with Gasteiger partial charge in [0.25, 0.3) is 0 Å². The summed E-state index contributed by atoms with van der Waals surface area (Å²) >= 11 is 0. The Morgan fingerprint density at radius 3 is 2.58 bits per heavy atom. The van der Waals surface area contributed by atoms with Crippen molar-refractivity contribution < 1.29 is 14.5 Å². The van der Waals surface area contributed by atoms with Gasteiger partial charge in [-0.05, 0) is 18.1 Å². The van der Waals surface area contributed by atoms with Gasteiger partial charge in [-0.1, -0.05) is 30.3 Å². The van der Waals surface area contributed by atoms with Crippen molar-refractivity contribution in [1.82, 2.24) is 0 Å². The van der Waals surface area contributed by atoms with Gasteiger partial charge < -0.3 is 9.90 Å². The zero-order valence-electron chi connectivity index (χ0n) is 10.6. The number of hydrogen-bond donors (Lipinski definition) is 0. The molecule has 1 aromatic heterocycles. The molecule has 3 nitrogen and oxygen atoms in total. The summed E-state index contributed by atoms with van der Waals surface area (Å²) in [7, 11) is 0. The maximum atomic E-state index is 11.5. The standard InChI is InChI=1S/C16H15NO2/c18-16(19)15-14(12-6-2-1-3-7-12)10-9-13-8-4-5-11-17(13)15/h1-3,6-7,9-10H,4-5,8,11H2. The zero-order valence-corrected chi connectivity index (χ0v) is 10.6. The first-order chi connectivity index (χ1) is 9.27. The predicted molar refractivity (Wildman–Crippen MR) is 69.3 cm³/mol. The summed E-state index contributed by atoms with van der Waals surface area (Å²) in [5.41, 5.74) is 3.06. The van der Waals surface area contributed by atoms with E-state index >= 15 is 0 Å². The lowest BCUT2D eigenvalue weighted by Crippen LogP contribution is -2.50. The summed E-state index contributed by atoms with van der Waals surface area (Å²) in [5.74, 6) is -1.09. The van der Waals surface area contributed by atoms with E-state index in [1.807, 2.05) is 47.0 Å². The second kappa shape index (κ2) is 4.84. The van der Waals surface area contributed by atoms with E-state index in [9.17, 15) is 9.90 Å². The molecular weight excluding hydrogens is 238 g/mol. The third kappa shape index (κ3) is 2.12. The Morgan fingerprint density at radius 1 is 1.05 bits per heavy atom. The van der Waals surface area contributed by atoms with E-state index in [1.54, 1.807) is 0 Å². The number of aromatic nitrogens is 1. The molecule has 0 saturated carbocycles. The third-order valence-electron chi connectivity index (χ3n) is 3.66. The van der Waals surface area contributed by atoms with Crippen LogP contribution in [0.25, 0.3) is 11.1 Å². The van der Waals surface area contributed by atoms with Crippen LogP contribution in [0.5, 0.6) is 0 Å². The van der Waals surface area contributed by atoms with Crippen LogP contribution in [0.2, 0.25) is 0 Å². The molecular formula is C16H15NO2. The molecule has 1 aliphatic heterocycles. The predicted octanol–water partition coefficient (Wildman–Crippen LogP) is 1.34. The number of carbonyl (C=O) groups is 1. The monoisotopic (exact) mass is 253 g/mol. The Hall–Kier alpha value is -2.16. The fourth-order valence-corrected chi connectivity index (χ4v) is 2.76. The largest absolute Gasteiger partial charge is 0.539 e. The number of carboxylic acid groups (broad SMARTS) is 1. The summed E-state index contributed by atoms with van der Waals surface area (Å²) in [5, 5.41) is 11.5. The van der Waals surface area contributed by atoms with Crippen molar-refractivity contribution in [2.75, 3.05) is 0 Å². The van der Waals surface area contributed by atoms with Crippen LogP contribution in [0.3, 0.4) is 0 Å². The minimum Gasteiger partial charge on any atom is -0.539 e. The lowest BCUT2D eigenvalue weighted by molar-refractivity contribution is -0.712. The first-order valence-electron chi connectivity index (χ1n) is 6.60. The van der Waals surface area contributed by atoms with E-state index in [4.69, 9.17) is 0 Å². The fourth-order valence-electron chi connectivity index (χ4n) is 2.76. The molecule has 0 atom stereocenters. The van der Waals surface area contributed by atoms with Gasteiger partial charge in [0.1, 0.15) is 12.5 Å². The van der Waals surface area contributed by atoms with Crippen molar-refractivity contribution in [2.45, 2.75) is 25.8 Å². The molecule has 3 heteroatoms. The van der Waals surface area contributed by atoms with Gasteiger partial charge in [-0.2, -0.15) is 4.57 Å². The van der Waals surface area contributed by atoms with Gasteiger partial charge in [0.05, 0.1) is 5.56 Å². The number of hydrogen-bond acceptors (Lipinski definition) is 2. The van der Waals surface area contributed by atoms with Crippen molar-refractivity contribution in [2.24, 2.45) is 0 Å². The summed E-state index contributed by atoms with van der Waals surface area (Å²) in [4.78, 5) is 11.5. The maximum Gasteiger partial charge on any atom is 0.236 e. The van der Waals surface area contributed by atoms with Gasteiger partial charge in [-0.25, -0.2) is 0 Å². The molecule has 0 amide bonds. The first-order valence-corrected chi connectivity index (χ1v) is 6.60. The molecule has 0 aliphatic carbocycles. The normalized spacial score (nSPS) is 13.9. The van der Waals surface area contributed by atoms with E-state index in [0.717, 1.165) is 42.6 Å². The molecule has 96 valence electrons. The van der Waals surface area contributed by atoms with Gasteiger partial charge in [0, 0.05) is 18.9 Å². The Morgan fingerprint density at radius 2 is 1.84 bits per heavy atom. The summed E-state index contributed by atoms with van der Waals surface area (Å²) < 4.78 is 1.90. The molecule has 1 aromatic carbocycles. The first kappa shape index (κ1) is 11.9. The summed E-state index contributed by atoms with van der Waals surface area (Å²) in [6.45, 7) is 0.763. The number of nitrogens with zero attached hydrogens (tertiary/aromatic N) is 1. The Kier molecular flexibility index (Phi) is 3.03. The lowest BCUT2D eigenvalue weighted by Gasteiger charge is -2.16. The van der Waals surface area contributed by atoms with Gasteiger partial charge >= 0.3 is 0 Å². The SMILES string of the molecule is O=C([O-])c1c(-c2ccccc2)ccc2[n+]1CCCC2. The number of carbonyl (C=O) groups excluding carboxylic acids is 1. The number of fused-ring (bicyclic) bond motifs is 1. The van der Waals surface area contributed by atoms with Crippen LogP contribution in [-0.2, 0) is 13.0 Å². The molecule has 2 aromatic rings. The number of benzene rings is 1. The molecule has 0 saturated heterocycles. The quantitative estimate of drug-likeness (QED) is 0.758. The number of aromatic carboxylic acids is 1. The van der Waals surface area contributed by atoms with E-state index in [0.29, 0.717) is 5.69 Å². The van der Waals surface area contributed by atoms with Crippen LogP contribution in [-0.4, -0.2) is 5.97 Å². The maximum absolute atomic E-state index is 11.5. The molecule has 1 aliphatic rings. The highest BCUT2D eigenvalue weighted by molar-refractivity contribution is 5.90. The Labute approximate surface area is 112 Å². The lowest BCUT2D eigenvalue weighted by atomic mass is 9.99. The van der Waals surface area contributed by atoms with Crippen LogP contribution in [0.15, 0.2) is 42.5 Å². The molecule has 3 rings (SSSR count). The highest BCUT2D eigenvalue weighted by atomic mass is 16.4. The van der Waals surface area contributed by atoms with Crippen LogP contribution in [0, 0.1) is 0 Å². The summed E-state index contributed by atoms with van der Waals surface area (Å²) in [6, 6.07) is 13.5. The van der Waals surface area contributed by atoms with E-state index in [2.05, 4.69) is 0 Å². The molecule has 0 unspecified atom stereocenters. The minimum atomic E-state index is -1.09. The van der Waals surface area contributed by atoms with Crippen LogP contribution in [0.1, 0.15) is 29.0 Å². The van der Waals surface area contributed by atoms with Gasteiger partial charge in [-0.3, -0.25) is 0 Å². The van der Waals surface area contributed by atoms with Crippen LogP contribution in [0.4, 0.5) is 0 Å². The van der Waals surface area contributed by atoms with Gasteiger partial charge in [0.2, 0.25) is 5.69 Å². The second-order valence-corrected chi connectivity index (χ2v) is 4.85. The van der Waals surface area contributed by atoms with E-state index < -0.39 is 5.97 Å². The molecule has 0 radical (unpaired) electrons. The van der Waals surface area contributed by atoms with Crippen molar-refractivity contribution in [1.29, 1.82) is 0 Å². The molecule has 2 heterocycles. The summed E-state index contributed by atoms with van der Waals surface area (Å²) in [6.07, 6.45) is 3.09. The van der Waals surface area contributed by atoms with Crippen molar-refractivity contribution in [3.05, 3.63) is 53.9 Å². The molecule has 0 spiro atoms. The average Bonchev–Trinajstić information content (AvgIpc) is 2.46. The van der Waals surface area contributed by atoms with Crippen molar-refractivity contribution in [3.63, 3.8) is 0 Å². The molecule has 0 bridgehead atoms. The molecule has 0 fully saturated rings. The average molecular weight is 253 g/mol. The number of carboxylic acids is 1. The zero-order chi connectivity index (χ0) is 13.2. The smallest absolute Gasteiger partial charge is 0.236 e. The van der Waals surface area contributed by atoms with Crippen molar-refractivity contribution in [3.8, 4) is 11.1 Å². The van der Waals surface area contributed by atoms with Gasteiger partial charge in [0.15, 0.2) is 5.69 Å². The highest BCUT2D eigenvalue weighted by Gasteiger charge is 2.25. The number of pyridine rings is 1. The van der Waals surface area contributed by atoms with Crippen LogP contribution >= 0.6 is 0 Å². The van der Waals surface area contributed by atoms with Crippen LogP contribution < -0.4 is 9.67 Å². The van der Waals surface area contributed by atoms with E-state index in [-0.39, 0.29) is 0 Å². The second-order valence-electron chi connectivity index (χ2n) is 4.85. The molecule has 19 heavy (non-hydrogen) atoms. The topological polar surface area (TPSA) is 44.0 Å². The fraction of sp³-hybridized carbons (Fsp3) is 0.250.